The second kappa shape index (κ2) is 6.39. The molecule has 0 unspecified atom stereocenters. The number of rotatable bonds is 6. The lowest BCUT2D eigenvalue weighted by atomic mass is 10.1. The van der Waals surface area contributed by atoms with Crippen LogP contribution in [0.4, 0.5) is 0 Å². The van der Waals surface area contributed by atoms with Crippen LogP contribution in [0.1, 0.15) is 36.2 Å². The standard InChI is InChI=1S/C14H19BrO4/c1-9-7-10(15)8-11(13(16)17)12(9)19-6-5-14(2,3)18-4/h7-8H,5-6H2,1-4H3,(H,16,17). The van der Waals surface area contributed by atoms with Gasteiger partial charge >= 0.3 is 5.97 Å². The molecule has 0 radical (unpaired) electrons. The monoisotopic (exact) mass is 330 g/mol. The van der Waals surface area contributed by atoms with Gasteiger partial charge in [-0.1, -0.05) is 15.9 Å². The molecule has 0 spiro atoms. The van der Waals surface area contributed by atoms with E-state index in [0.717, 1.165) is 10.0 Å². The molecule has 1 aromatic carbocycles. The average molecular weight is 331 g/mol. The van der Waals surface area contributed by atoms with Crippen molar-refractivity contribution in [2.45, 2.75) is 32.8 Å². The second-order valence-corrected chi connectivity index (χ2v) is 5.88. The summed E-state index contributed by atoms with van der Waals surface area (Å²) in [6.45, 7) is 6.16. The molecule has 0 aliphatic carbocycles. The molecule has 0 atom stereocenters. The average Bonchev–Trinajstić information content (AvgIpc) is 2.31. The van der Waals surface area contributed by atoms with Crippen LogP contribution < -0.4 is 4.74 Å². The van der Waals surface area contributed by atoms with Gasteiger partial charge in [-0.25, -0.2) is 4.79 Å². The van der Waals surface area contributed by atoms with Crippen LogP contribution in [-0.4, -0.2) is 30.4 Å². The summed E-state index contributed by atoms with van der Waals surface area (Å²) in [6, 6.07) is 3.38. The number of aryl methyl sites for hydroxylation is 1. The molecule has 4 nitrogen and oxygen atoms in total. The molecule has 0 amide bonds. The number of carboxylic acids is 1. The number of ether oxygens (including phenoxy) is 2. The minimum atomic E-state index is -0.995. The molecule has 0 saturated carbocycles. The van der Waals surface area contributed by atoms with Gasteiger partial charge in [0.05, 0.1) is 12.2 Å². The van der Waals surface area contributed by atoms with E-state index in [0.29, 0.717) is 18.8 Å². The van der Waals surface area contributed by atoms with Gasteiger partial charge in [-0.05, 0) is 38.5 Å². The summed E-state index contributed by atoms with van der Waals surface area (Å²) < 4.78 is 11.7. The van der Waals surface area contributed by atoms with E-state index in [1.807, 2.05) is 26.8 Å². The van der Waals surface area contributed by atoms with Crippen molar-refractivity contribution in [2.24, 2.45) is 0 Å². The fraction of sp³-hybridized carbons (Fsp3) is 0.500. The molecule has 1 aromatic rings. The second-order valence-electron chi connectivity index (χ2n) is 4.97. The van der Waals surface area contributed by atoms with Gasteiger partial charge in [0, 0.05) is 18.0 Å². The van der Waals surface area contributed by atoms with Crippen LogP contribution in [-0.2, 0) is 4.74 Å². The fourth-order valence-corrected chi connectivity index (χ4v) is 2.15. The molecular weight excluding hydrogens is 312 g/mol. The van der Waals surface area contributed by atoms with E-state index in [9.17, 15) is 9.90 Å². The van der Waals surface area contributed by atoms with Crippen molar-refractivity contribution in [3.05, 3.63) is 27.7 Å². The van der Waals surface area contributed by atoms with Gasteiger partial charge in [0.15, 0.2) is 0 Å². The molecule has 0 fully saturated rings. The molecule has 0 aromatic heterocycles. The number of hydrogen-bond donors (Lipinski definition) is 1. The van der Waals surface area contributed by atoms with Crippen molar-refractivity contribution in [1.82, 2.24) is 0 Å². The first-order valence-electron chi connectivity index (χ1n) is 5.98. The normalized spacial score (nSPS) is 11.4. The zero-order valence-electron chi connectivity index (χ0n) is 11.6. The van der Waals surface area contributed by atoms with E-state index >= 15 is 0 Å². The molecule has 0 aliphatic rings. The lowest BCUT2D eigenvalue weighted by Gasteiger charge is -2.23. The summed E-state index contributed by atoms with van der Waals surface area (Å²) in [5.41, 5.74) is 0.677. The van der Waals surface area contributed by atoms with Crippen molar-refractivity contribution in [2.75, 3.05) is 13.7 Å². The van der Waals surface area contributed by atoms with Crippen LogP contribution in [0.2, 0.25) is 0 Å². The summed E-state index contributed by atoms with van der Waals surface area (Å²) in [4.78, 5) is 11.2. The molecule has 0 bridgehead atoms. The Morgan fingerprint density at radius 3 is 2.58 bits per heavy atom. The molecule has 0 heterocycles. The number of hydrogen-bond acceptors (Lipinski definition) is 3. The van der Waals surface area contributed by atoms with E-state index in [4.69, 9.17) is 9.47 Å². The predicted molar refractivity (Wildman–Crippen MR) is 77.0 cm³/mol. The fourth-order valence-electron chi connectivity index (χ4n) is 1.58. The van der Waals surface area contributed by atoms with E-state index in [-0.39, 0.29) is 11.2 Å². The molecule has 5 heteroatoms. The van der Waals surface area contributed by atoms with Gasteiger partial charge < -0.3 is 14.6 Å². The van der Waals surface area contributed by atoms with Crippen molar-refractivity contribution < 1.29 is 19.4 Å². The highest BCUT2D eigenvalue weighted by atomic mass is 79.9. The van der Waals surface area contributed by atoms with Crippen molar-refractivity contribution in [3.63, 3.8) is 0 Å². The Balaban J connectivity index is 2.86. The van der Waals surface area contributed by atoms with Gasteiger partial charge in [-0.15, -0.1) is 0 Å². The first kappa shape index (κ1) is 16.0. The lowest BCUT2D eigenvalue weighted by molar-refractivity contribution is 0.00531. The van der Waals surface area contributed by atoms with Gasteiger partial charge in [0.25, 0.3) is 0 Å². The van der Waals surface area contributed by atoms with Crippen LogP contribution in [0.25, 0.3) is 0 Å². The van der Waals surface area contributed by atoms with Crippen molar-refractivity contribution in [1.29, 1.82) is 0 Å². The Bertz CT molecular complexity index is 469. The van der Waals surface area contributed by atoms with Gasteiger partial charge in [-0.3, -0.25) is 0 Å². The third-order valence-corrected chi connectivity index (χ3v) is 3.43. The predicted octanol–water partition coefficient (Wildman–Crippen LogP) is 3.65. The van der Waals surface area contributed by atoms with Crippen LogP contribution in [0.15, 0.2) is 16.6 Å². The Labute approximate surface area is 121 Å². The molecule has 0 saturated heterocycles. The minimum Gasteiger partial charge on any atom is -0.492 e. The Hall–Kier alpha value is -1.07. The Morgan fingerprint density at radius 2 is 2.05 bits per heavy atom. The van der Waals surface area contributed by atoms with Gasteiger partial charge in [-0.2, -0.15) is 0 Å². The molecule has 1 rings (SSSR count). The first-order valence-corrected chi connectivity index (χ1v) is 6.77. The summed E-state index contributed by atoms with van der Waals surface area (Å²) >= 11 is 3.29. The summed E-state index contributed by atoms with van der Waals surface area (Å²) in [5, 5.41) is 9.19. The maximum absolute atomic E-state index is 11.2. The van der Waals surface area contributed by atoms with Crippen LogP contribution in [0.5, 0.6) is 5.75 Å². The molecule has 106 valence electrons. The van der Waals surface area contributed by atoms with Crippen molar-refractivity contribution >= 4 is 21.9 Å². The lowest BCUT2D eigenvalue weighted by Crippen LogP contribution is -2.25. The largest absolute Gasteiger partial charge is 0.492 e. The smallest absolute Gasteiger partial charge is 0.339 e. The number of carboxylic acid groups (broad SMARTS) is 1. The minimum absolute atomic E-state index is 0.169. The van der Waals surface area contributed by atoms with Crippen LogP contribution in [0.3, 0.4) is 0 Å². The highest BCUT2D eigenvalue weighted by Crippen LogP contribution is 2.28. The number of methoxy groups -OCH3 is 1. The highest BCUT2D eigenvalue weighted by Gasteiger charge is 2.19. The van der Waals surface area contributed by atoms with E-state index in [1.54, 1.807) is 13.2 Å². The molecule has 1 N–H and O–H groups in total. The van der Waals surface area contributed by atoms with Crippen molar-refractivity contribution in [3.8, 4) is 5.75 Å². The topological polar surface area (TPSA) is 55.8 Å². The van der Waals surface area contributed by atoms with Gasteiger partial charge in [0.1, 0.15) is 11.3 Å². The first-order chi connectivity index (χ1) is 8.76. The maximum atomic E-state index is 11.2. The van der Waals surface area contributed by atoms with E-state index in [1.165, 1.54) is 0 Å². The SMILES string of the molecule is COC(C)(C)CCOc1c(C)cc(Br)cc1C(=O)O. The number of carbonyl (C=O) groups is 1. The molecular formula is C14H19BrO4. The highest BCUT2D eigenvalue weighted by molar-refractivity contribution is 9.10. The van der Waals surface area contributed by atoms with Crippen LogP contribution >= 0.6 is 15.9 Å². The molecule has 19 heavy (non-hydrogen) atoms. The quantitative estimate of drug-likeness (QED) is 0.864. The zero-order valence-corrected chi connectivity index (χ0v) is 13.2. The number of benzene rings is 1. The number of halogens is 1. The maximum Gasteiger partial charge on any atom is 0.339 e. The third kappa shape index (κ3) is 4.51. The van der Waals surface area contributed by atoms with Crippen LogP contribution in [0, 0.1) is 6.92 Å². The van der Waals surface area contributed by atoms with Gasteiger partial charge in [0.2, 0.25) is 0 Å². The number of aromatic carboxylic acids is 1. The Morgan fingerprint density at radius 1 is 1.42 bits per heavy atom. The Kier molecular flexibility index (Phi) is 5.38. The summed E-state index contributed by atoms with van der Waals surface area (Å²) in [7, 11) is 1.65. The zero-order chi connectivity index (χ0) is 14.6. The summed E-state index contributed by atoms with van der Waals surface area (Å²) in [6.07, 6.45) is 0.679. The van der Waals surface area contributed by atoms with E-state index in [2.05, 4.69) is 15.9 Å². The summed E-state index contributed by atoms with van der Waals surface area (Å²) in [5.74, 6) is -0.576. The van der Waals surface area contributed by atoms with E-state index < -0.39 is 5.97 Å². The third-order valence-electron chi connectivity index (χ3n) is 2.97. The molecule has 0 aliphatic heterocycles.